The van der Waals surface area contributed by atoms with E-state index in [1.165, 1.54) is 6.21 Å². The first-order chi connectivity index (χ1) is 15.6. The van der Waals surface area contributed by atoms with E-state index >= 15 is 0 Å². The summed E-state index contributed by atoms with van der Waals surface area (Å²) in [6.45, 7) is 1.92. The molecule has 2 heterocycles. The Morgan fingerprint density at radius 3 is 2.00 bits per heavy atom. The number of rotatable bonds is 11. The van der Waals surface area contributed by atoms with Gasteiger partial charge in [0.1, 0.15) is 12.4 Å². The molecule has 166 valence electrons. The third-order valence-corrected chi connectivity index (χ3v) is 4.90. The van der Waals surface area contributed by atoms with Crippen LogP contribution in [0.2, 0.25) is 5.02 Å². The van der Waals surface area contributed by atoms with Crippen LogP contribution in [0.5, 0.6) is 5.75 Å². The van der Waals surface area contributed by atoms with Crippen molar-refractivity contribution >= 4 is 35.6 Å². The summed E-state index contributed by atoms with van der Waals surface area (Å²) in [5, 5.41) is 16.1. The van der Waals surface area contributed by atoms with Gasteiger partial charge in [0.25, 0.3) is 0 Å². The number of oxime groups is 2. The number of pyridine rings is 2. The number of alkyl halides is 1. The van der Waals surface area contributed by atoms with Gasteiger partial charge in [0, 0.05) is 40.4 Å². The fourth-order valence-corrected chi connectivity index (χ4v) is 3.03. The quantitative estimate of drug-likeness (QED) is 0.151. The molecule has 0 aliphatic carbocycles. The maximum atomic E-state index is 8.55. The highest BCUT2D eigenvalue weighted by Crippen LogP contribution is 2.16. The Kier molecular flexibility index (Phi) is 9.28. The molecule has 2 aromatic heterocycles. The minimum atomic E-state index is -0.710. The average molecular weight is 475 g/mol. The predicted octanol–water partition coefficient (Wildman–Crippen LogP) is 3.81. The fraction of sp³-hybridized carbons (Fsp3) is 0.217. The van der Waals surface area contributed by atoms with Crippen LogP contribution in [0.15, 0.2) is 83.6 Å². The van der Waals surface area contributed by atoms with Crippen molar-refractivity contribution < 1.29 is 23.9 Å². The van der Waals surface area contributed by atoms with Gasteiger partial charge in [-0.1, -0.05) is 33.5 Å². The van der Waals surface area contributed by atoms with Gasteiger partial charge in [-0.2, -0.15) is 0 Å². The zero-order valence-corrected chi connectivity index (χ0v) is 18.8. The topological polar surface area (TPSA) is 71.2 Å². The first-order valence-corrected chi connectivity index (χ1v) is 10.8. The van der Waals surface area contributed by atoms with Crippen molar-refractivity contribution in [3.05, 3.63) is 89.5 Å². The standard InChI is InChI=1S/C23H23Cl2N4O3/c24-21-2-4-22(5-3-21)31-18-23(25)32-27-17-20-8-14-29(15-9-20)11-1-10-28-12-6-19(7-13-28)16-26-30/h2-9,12-17,23H,1,10-11,18H2/q+1/p+1/b27-17-. The minimum absolute atomic E-state index is 0.158. The number of nitrogens with zero attached hydrogens (tertiary/aromatic N) is 4. The van der Waals surface area contributed by atoms with Crippen molar-refractivity contribution in [1.29, 1.82) is 0 Å². The summed E-state index contributed by atoms with van der Waals surface area (Å²) >= 11 is 11.9. The Morgan fingerprint density at radius 1 is 0.875 bits per heavy atom. The van der Waals surface area contributed by atoms with E-state index in [0.29, 0.717) is 10.8 Å². The van der Waals surface area contributed by atoms with Gasteiger partial charge in [0.15, 0.2) is 37.9 Å². The molecule has 3 aromatic rings. The van der Waals surface area contributed by atoms with Crippen LogP contribution in [-0.4, -0.2) is 29.8 Å². The summed E-state index contributed by atoms with van der Waals surface area (Å²) in [6.07, 6.45) is 11.9. The normalized spacial score (nSPS) is 12.3. The van der Waals surface area contributed by atoms with Crippen LogP contribution in [0, 0.1) is 0 Å². The summed E-state index contributed by atoms with van der Waals surface area (Å²) < 4.78 is 9.71. The molecule has 0 spiro atoms. The molecule has 0 amide bonds. The van der Waals surface area contributed by atoms with E-state index in [9.17, 15) is 0 Å². The Hall–Kier alpha value is -3.16. The number of aryl methyl sites for hydroxylation is 2. The van der Waals surface area contributed by atoms with Crippen LogP contribution in [0.4, 0.5) is 0 Å². The molecule has 1 aromatic carbocycles. The van der Waals surface area contributed by atoms with Gasteiger partial charge < -0.3 is 14.8 Å². The lowest BCUT2D eigenvalue weighted by atomic mass is 10.3. The number of hydrogen-bond acceptors (Lipinski definition) is 5. The van der Waals surface area contributed by atoms with Gasteiger partial charge in [-0.25, -0.2) is 9.13 Å². The van der Waals surface area contributed by atoms with Crippen molar-refractivity contribution in [2.45, 2.75) is 25.1 Å². The Bertz CT molecular complexity index is 1010. The summed E-state index contributed by atoms with van der Waals surface area (Å²) in [6, 6.07) is 14.7. The highest BCUT2D eigenvalue weighted by Gasteiger charge is 2.07. The zero-order valence-electron chi connectivity index (χ0n) is 17.3. The Labute approximate surface area is 196 Å². The molecule has 9 heteroatoms. The van der Waals surface area contributed by atoms with Crippen molar-refractivity contribution in [2.24, 2.45) is 10.3 Å². The van der Waals surface area contributed by atoms with E-state index in [1.54, 1.807) is 30.5 Å². The third-order valence-electron chi connectivity index (χ3n) is 4.44. The highest BCUT2D eigenvalue weighted by atomic mass is 35.5. The van der Waals surface area contributed by atoms with Crippen LogP contribution in [0.1, 0.15) is 17.5 Å². The lowest BCUT2D eigenvalue weighted by Gasteiger charge is -2.09. The van der Waals surface area contributed by atoms with E-state index in [2.05, 4.69) is 19.4 Å². The largest absolute Gasteiger partial charge is 0.488 e. The lowest BCUT2D eigenvalue weighted by molar-refractivity contribution is -0.726. The molecule has 1 unspecified atom stereocenters. The molecule has 0 saturated carbocycles. The summed E-state index contributed by atoms with van der Waals surface area (Å²) in [5.74, 6) is 0.659. The van der Waals surface area contributed by atoms with Gasteiger partial charge in [-0.3, -0.25) is 0 Å². The second-order valence-electron chi connectivity index (χ2n) is 6.85. The first kappa shape index (κ1) is 23.5. The van der Waals surface area contributed by atoms with Gasteiger partial charge in [-0.15, -0.1) is 0 Å². The predicted molar refractivity (Wildman–Crippen MR) is 123 cm³/mol. The molecule has 0 aliphatic rings. The van der Waals surface area contributed by atoms with Gasteiger partial charge in [0.05, 0.1) is 18.9 Å². The Balaban J connectivity index is 1.37. The van der Waals surface area contributed by atoms with E-state index in [4.69, 9.17) is 38.0 Å². The molecule has 0 aliphatic heterocycles. The number of aromatic nitrogens is 2. The van der Waals surface area contributed by atoms with Crippen LogP contribution in [0.25, 0.3) is 0 Å². The second kappa shape index (κ2) is 12.6. The molecule has 0 radical (unpaired) electrons. The minimum Gasteiger partial charge on any atom is -0.488 e. The molecule has 1 atom stereocenters. The number of ether oxygens (including phenoxy) is 1. The van der Waals surface area contributed by atoms with Gasteiger partial charge in [0.2, 0.25) is 5.56 Å². The maximum Gasteiger partial charge on any atom is 0.233 e. The molecule has 0 bridgehead atoms. The molecule has 3 rings (SSSR count). The fourth-order valence-electron chi connectivity index (χ4n) is 2.79. The lowest BCUT2D eigenvalue weighted by Crippen LogP contribution is -2.38. The average Bonchev–Trinajstić information content (AvgIpc) is 2.81. The van der Waals surface area contributed by atoms with Crippen molar-refractivity contribution in [1.82, 2.24) is 0 Å². The summed E-state index contributed by atoms with van der Waals surface area (Å²) in [5.41, 5.74) is 1.05. The van der Waals surface area contributed by atoms with E-state index < -0.39 is 5.56 Å². The molecule has 0 fully saturated rings. The van der Waals surface area contributed by atoms with E-state index in [0.717, 1.165) is 30.6 Å². The number of benzene rings is 1. The smallest absolute Gasteiger partial charge is 0.233 e. The van der Waals surface area contributed by atoms with Gasteiger partial charge in [-0.05, 0) is 24.3 Å². The monoisotopic (exact) mass is 474 g/mol. The first-order valence-electron chi connectivity index (χ1n) is 9.99. The van der Waals surface area contributed by atoms with E-state index in [1.807, 2.05) is 49.1 Å². The second-order valence-corrected chi connectivity index (χ2v) is 7.77. The number of halogens is 2. The summed E-state index contributed by atoms with van der Waals surface area (Å²) in [7, 11) is 0. The Morgan fingerprint density at radius 2 is 1.44 bits per heavy atom. The molecule has 1 N–H and O–H groups in total. The van der Waals surface area contributed by atoms with Gasteiger partial charge >= 0.3 is 0 Å². The SMILES string of the molecule is ON=Cc1cc[n+](CCC[n+]2ccc(/C=N\OC(Cl)COc3ccc(Cl)cc3)cc2)cc1. The molecular weight excluding hydrogens is 451 g/mol. The van der Waals surface area contributed by atoms with Crippen LogP contribution in [-0.2, 0) is 17.9 Å². The van der Waals surface area contributed by atoms with E-state index in [-0.39, 0.29) is 6.61 Å². The van der Waals surface area contributed by atoms with Crippen LogP contribution >= 0.6 is 23.2 Å². The number of hydrogen-bond donors (Lipinski definition) is 1. The van der Waals surface area contributed by atoms with Crippen molar-refractivity contribution in [3.8, 4) is 5.75 Å². The molecule has 7 nitrogen and oxygen atoms in total. The van der Waals surface area contributed by atoms with Crippen LogP contribution < -0.4 is 13.9 Å². The zero-order chi connectivity index (χ0) is 22.6. The summed E-state index contributed by atoms with van der Waals surface area (Å²) in [4.78, 5) is 5.21. The third kappa shape index (κ3) is 8.17. The van der Waals surface area contributed by atoms with Crippen molar-refractivity contribution in [2.75, 3.05) is 6.61 Å². The highest BCUT2D eigenvalue weighted by molar-refractivity contribution is 6.30. The van der Waals surface area contributed by atoms with Crippen LogP contribution in [0.3, 0.4) is 0 Å². The van der Waals surface area contributed by atoms with Crippen molar-refractivity contribution in [3.63, 3.8) is 0 Å². The molecule has 0 saturated heterocycles. The maximum absolute atomic E-state index is 8.55. The molecular formula is C23H24Cl2N4O3+2. The molecule has 32 heavy (non-hydrogen) atoms.